The summed E-state index contributed by atoms with van der Waals surface area (Å²) in [5.74, 6) is -2.26. The van der Waals surface area contributed by atoms with Crippen LogP contribution in [0.5, 0.6) is 0 Å². The standard InChI is InChI=1S/C88H159NO8/c1-6-8-10-12-14-16-18-20-22-24-26-28-30-32-34-36-38-40-41-42-43-44-45-47-48-50-52-54-56-58-60-62-64-66-68-70-72-74-76-78-85(90)95-82-84(83-96-88(87(92)93)94-81-80-89(3,4)5)97-86(91)79-77-75-73-71-69-67-65-63-61-59-57-55-53-51-49-46-39-37-35-33-31-29-27-25-23-21-19-17-15-13-11-9-7-2/h9,11,15,17,21,23-24,26-27,29,33,35,39,46,84,88H,6-8,10,12-14,16,18-20,22,25,28,30-32,34,36-38,40-45,47-83H2,1-5H3/b11-9-,17-15-,23-21-,26-24-,29-27-,35-33-,46-39-. The Balaban J connectivity index is 3.96. The van der Waals surface area contributed by atoms with Gasteiger partial charge >= 0.3 is 11.9 Å². The molecule has 0 spiro atoms. The molecule has 0 aliphatic heterocycles. The zero-order chi connectivity index (χ0) is 70.4. The molecule has 0 heterocycles. The van der Waals surface area contributed by atoms with Crippen molar-refractivity contribution in [2.24, 2.45) is 0 Å². The Kier molecular flexibility index (Phi) is 75.3. The molecule has 0 bridgehead atoms. The lowest BCUT2D eigenvalue weighted by Crippen LogP contribution is -2.44. The Labute approximate surface area is 601 Å². The number of unbranched alkanes of at least 4 members (excludes halogenated alkanes) is 49. The first kappa shape index (κ1) is 93.5. The van der Waals surface area contributed by atoms with Gasteiger partial charge in [0.25, 0.3) is 0 Å². The van der Waals surface area contributed by atoms with Gasteiger partial charge in [0, 0.05) is 12.8 Å². The normalized spacial score (nSPS) is 13.0. The van der Waals surface area contributed by atoms with Crippen molar-refractivity contribution in [3.8, 4) is 0 Å². The molecule has 0 aliphatic rings. The minimum absolute atomic E-state index is 0.147. The number of aliphatic carboxylic acids is 1. The maximum Gasteiger partial charge on any atom is 0.306 e. The van der Waals surface area contributed by atoms with Gasteiger partial charge in [-0.25, -0.2) is 0 Å². The number of carboxylic acids is 1. The summed E-state index contributed by atoms with van der Waals surface area (Å²) in [5.41, 5.74) is 0. The molecule has 0 radical (unpaired) electrons. The van der Waals surface area contributed by atoms with Gasteiger partial charge in [-0.1, -0.05) is 381 Å². The number of ether oxygens (including phenoxy) is 4. The molecular weight excluding hydrogens is 1200 g/mol. The lowest BCUT2D eigenvalue weighted by Gasteiger charge is -2.26. The first-order valence-corrected chi connectivity index (χ1v) is 41.7. The fraction of sp³-hybridized carbons (Fsp3) is 0.807. The molecule has 0 aliphatic carbocycles. The molecule has 2 unspecified atom stereocenters. The van der Waals surface area contributed by atoms with Gasteiger partial charge in [0.2, 0.25) is 0 Å². The molecule has 0 N–H and O–H groups in total. The van der Waals surface area contributed by atoms with Crippen LogP contribution in [0.25, 0.3) is 0 Å². The van der Waals surface area contributed by atoms with Crippen LogP contribution >= 0.6 is 0 Å². The molecule has 9 nitrogen and oxygen atoms in total. The highest BCUT2D eigenvalue weighted by atomic mass is 16.7. The number of esters is 2. The number of carboxylic acid groups (broad SMARTS) is 1. The minimum Gasteiger partial charge on any atom is -0.545 e. The quantitative estimate of drug-likeness (QED) is 0.0195. The fourth-order valence-corrected chi connectivity index (χ4v) is 12.3. The van der Waals surface area contributed by atoms with Gasteiger partial charge in [-0.3, -0.25) is 9.59 Å². The lowest BCUT2D eigenvalue weighted by atomic mass is 10.0. The van der Waals surface area contributed by atoms with Crippen LogP contribution in [0.4, 0.5) is 0 Å². The third-order valence-electron chi connectivity index (χ3n) is 18.6. The number of likely N-dealkylation sites (N-methyl/N-ethyl adjacent to an activating group) is 1. The van der Waals surface area contributed by atoms with Gasteiger partial charge in [0.05, 0.1) is 40.3 Å². The Morgan fingerprint density at radius 2 is 0.588 bits per heavy atom. The van der Waals surface area contributed by atoms with E-state index in [2.05, 4.69) is 98.9 Å². The van der Waals surface area contributed by atoms with Crippen LogP contribution in [-0.4, -0.2) is 82.3 Å². The van der Waals surface area contributed by atoms with E-state index in [1.165, 1.54) is 289 Å². The zero-order valence-corrected chi connectivity index (χ0v) is 64.7. The number of nitrogens with zero attached hydrogens (tertiary/aromatic N) is 1. The summed E-state index contributed by atoms with van der Waals surface area (Å²) >= 11 is 0. The highest BCUT2D eigenvalue weighted by molar-refractivity contribution is 5.70. The second-order valence-electron chi connectivity index (χ2n) is 29.4. The van der Waals surface area contributed by atoms with E-state index in [1.807, 2.05) is 21.1 Å². The number of allylic oxidation sites excluding steroid dienone is 14. The van der Waals surface area contributed by atoms with Crippen LogP contribution in [0.2, 0.25) is 0 Å². The maximum atomic E-state index is 13.0. The van der Waals surface area contributed by atoms with E-state index in [0.29, 0.717) is 23.9 Å². The van der Waals surface area contributed by atoms with Gasteiger partial charge in [-0.15, -0.1) is 0 Å². The summed E-state index contributed by atoms with van der Waals surface area (Å²) in [4.78, 5) is 37.6. The average Bonchev–Trinajstić information content (AvgIpc) is 2.59. The minimum atomic E-state index is -1.62. The summed E-state index contributed by atoms with van der Waals surface area (Å²) in [5, 5.41) is 11.9. The molecule has 0 aromatic carbocycles. The molecular formula is C88H159NO8. The first-order chi connectivity index (χ1) is 47.6. The van der Waals surface area contributed by atoms with Gasteiger partial charge in [-0.2, -0.15) is 0 Å². The second kappa shape index (κ2) is 78.2. The SMILES string of the molecule is CC/C=C\C/C=C\C/C=C\C/C=C\C/C=C\C/C=C\CCCCCCCCCCCCCCCCC(=O)OC(COC(=O)CCCCCCCCCCCCCCCCCCCCCCCCCCCCC/C=C\CCCCCCCCCC)COC(OCC[N+](C)(C)C)C(=O)[O-]. The molecule has 2 atom stereocenters. The van der Waals surface area contributed by atoms with E-state index >= 15 is 0 Å². The van der Waals surface area contributed by atoms with E-state index in [0.717, 1.165) is 77.0 Å². The van der Waals surface area contributed by atoms with E-state index in [1.54, 1.807) is 0 Å². The monoisotopic (exact) mass is 1360 g/mol. The van der Waals surface area contributed by atoms with Crippen molar-refractivity contribution in [2.75, 3.05) is 47.5 Å². The predicted molar refractivity (Wildman–Crippen MR) is 417 cm³/mol. The summed E-state index contributed by atoms with van der Waals surface area (Å²) in [6, 6.07) is 0. The molecule has 0 rings (SSSR count). The molecule has 0 saturated carbocycles. The number of rotatable bonds is 78. The third kappa shape index (κ3) is 79.7. The van der Waals surface area contributed by atoms with E-state index in [4.69, 9.17) is 18.9 Å². The van der Waals surface area contributed by atoms with Gasteiger partial charge in [0.15, 0.2) is 12.4 Å². The van der Waals surface area contributed by atoms with Crippen molar-refractivity contribution in [3.05, 3.63) is 85.1 Å². The van der Waals surface area contributed by atoms with Crippen LogP contribution in [0.15, 0.2) is 85.1 Å². The van der Waals surface area contributed by atoms with E-state index in [-0.39, 0.29) is 32.2 Å². The van der Waals surface area contributed by atoms with Crippen molar-refractivity contribution in [2.45, 2.75) is 411 Å². The maximum absolute atomic E-state index is 13.0. The number of carbonyl (C=O) groups excluding carboxylic acids is 3. The zero-order valence-electron chi connectivity index (χ0n) is 64.7. The highest BCUT2D eigenvalue weighted by Crippen LogP contribution is 2.20. The van der Waals surface area contributed by atoms with Crippen LogP contribution < -0.4 is 5.11 Å². The predicted octanol–water partition coefficient (Wildman–Crippen LogP) is 25.6. The van der Waals surface area contributed by atoms with Gasteiger partial charge in [0.1, 0.15) is 13.2 Å². The Hall–Kier alpha value is -3.53. The van der Waals surface area contributed by atoms with Crippen molar-refractivity contribution in [1.29, 1.82) is 0 Å². The van der Waals surface area contributed by atoms with Crippen LogP contribution in [0, 0.1) is 0 Å². The van der Waals surface area contributed by atoms with Crippen molar-refractivity contribution in [3.63, 3.8) is 0 Å². The van der Waals surface area contributed by atoms with Crippen molar-refractivity contribution < 1.29 is 42.9 Å². The van der Waals surface area contributed by atoms with Crippen molar-refractivity contribution >= 4 is 17.9 Å². The van der Waals surface area contributed by atoms with Crippen LogP contribution in [-0.2, 0) is 33.3 Å². The fourth-order valence-electron chi connectivity index (χ4n) is 12.3. The van der Waals surface area contributed by atoms with E-state index in [9.17, 15) is 19.5 Å². The molecule has 9 heteroatoms. The number of hydrogen-bond donors (Lipinski definition) is 0. The third-order valence-corrected chi connectivity index (χ3v) is 18.6. The Morgan fingerprint density at radius 1 is 0.320 bits per heavy atom. The first-order valence-electron chi connectivity index (χ1n) is 41.7. The van der Waals surface area contributed by atoms with Crippen molar-refractivity contribution in [1.82, 2.24) is 0 Å². The van der Waals surface area contributed by atoms with Crippen LogP contribution in [0.3, 0.4) is 0 Å². The van der Waals surface area contributed by atoms with Crippen LogP contribution in [0.1, 0.15) is 399 Å². The molecule has 0 saturated heterocycles. The summed E-state index contributed by atoms with van der Waals surface area (Å²) < 4.78 is 22.9. The summed E-state index contributed by atoms with van der Waals surface area (Å²) in [7, 11) is 5.95. The Morgan fingerprint density at radius 3 is 0.887 bits per heavy atom. The molecule has 0 aromatic rings. The van der Waals surface area contributed by atoms with E-state index < -0.39 is 24.3 Å². The lowest BCUT2D eigenvalue weighted by molar-refractivity contribution is -0.870. The smallest absolute Gasteiger partial charge is 0.306 e. The highest BCUT2D eigenvalue weighted by Gasteiger charge is 2.22. The molecule has 0 fully saturated rings. The molecule has 0 aromatic heterocycles. The number of hydrogen-bond acceptors (Lipinski definition) is 8. The number of carbonyl (C=O) groups is 3. The molecule has 97 heavy (non-hydrogen) atoms. The topological polar surface area (TPSA) is 111 Å². The average molecular weight is 1360 g/mol. The van der Waals surface area contributed by atoms with Gasteiger partial charge in [-0.05, 0) is 89.9 Å². The number of quaternary nitrogens is 1. The molecule has 564 valence electrons. The summed E-state index contributed by atoms with van der Waals surface area (Å²) in [6.45, 7) is 4.69. The molecule has 0 amide bonds. The second-order valence-corrected chi connectivity index (χ2v) is 29.4. The summed E-state index contributed by atoms with van der Waals surface area (Å²) in [6.07, 6.45) is 104. The largest absolute Gasteiger partial charge is 0.545 e. The van der Waals surface area contributed by atoms with Gasteiger partial charge < -0.3 is 33.3 Å². The Bertz CT molecular complexity index is 1870.